The fourth-order valence-corrected chi connectivity index (χ4v) is 3.55. The van der Waals surface area contributed by atoms with E-state index in [2.05, 4.69) is 16.9 Å². The Morgan fingerprint density at radius 3 is 2.41 bits per heavy atom. The predicted molar refractivity (Wildman–Crippen MR) is 92.3 cm³/mol. The number of ether oxygens (including phenoxy) is 3. The summed E-state index contributed by atoms with van der Waals surface area (Å²) in [6, 6.07) is 3.89. The van der Waals surface area contributed by atoms with Gasteiger partial charge in [-0.3, -0.25) is 0 Å². The Balaban J connectivity index is 2.46. The highest BCUT2D eigenvalue weighted by molar-refractivity contribution is 7.73. The number of benzene rings is 1. The molecule has 4 nitrogen and oxygen atoms in total. The van der Waals surface area contributed by atoms with Gasteiger partial charge in [0.25, 0.3) is 0 Å². The van der Waals surface area contributed by atoms with E-state index in [0.717, 1.165) is 22.4 Å². The normalized spacial score (nSPS) is 10.5. The summed E-state index contributed by atoms with van der Waals surface area (Å²) in [6.45, 7) is 2.84. The standard InChI is InChI=1S/C16H21NO3S2/c1-5-6-12-10-22-16(21)17(12)9-11-7-8-13(18-2)15(20-4)14(11)19-3/h7-8,10H,5-6,9H2,1-4H3. The highest BCUT2D eigenvalue weighted by Gasteiger charge is 2.17. The minimum Gasteiger partial charge on any atom is -0.493 e. The van der Waals surface area contributed by atoms with E-state index >= 15 is 0 Å². The summed E-state index contributed by atoms with van der Waals surface area (Å²) in [6.07, 6.45) is 2.11. The number of aromatic nitrogens is 1. The van der Waals surface area contributed by atoms with Crippen LogP contribution in [-0.2, 0) is 13.0 Å². The molecule has 0 saturated carbocycles. The fourth-order valence-electron chi connectivity index (χ4n) is 2.44. The van der Waals surface area contributed by atoms with Crippen molar-refractivity contribution in [1.29, 1.82) is 0 Å². The largest absolute Gasteiger partial charge is 0.493 e. The zero-order valence-corrected chi connectivity index (χ0v) is 15.0. The third-order valence-corrected chi connectivity index (χ3v) is 4.80. The lowest BCUT2D eigenvalue weighted by Crippen LogP contribution is -2.07. The van der Waals surface area contributed by atoms with Gasteiger partial charge in [0.1, 0.15) is 0 Å². The number of hydrogen-bond donors (Lipinski definition) is 0. The molecule has 0 unspecified atom stereocenters. The molecule has 2 rings (SSSR count). The number of rotatable bonds is 7. The Labute approximate surface area is 140 Å². The van der Waals surface area contributed by atoms with E-state index in [-0.39, 0.29) is 0 Å². The second-order valence-corrected chi connectivity index (χ2v) is 6.33. The van der Waals surface area contributed by atoms with Crippen LogP contribution in [0.2, 0.25) is 0 Å². The van der Waals surface area contributed by atoms with Gasteiger partial charge in [-0.25, -0.2) is 0 Å². The molecule has 0 spiro atoms. The Bertz CT molecular complexity index is 691. The molecule has 1 aromatic heterocycles. The second kappa shape index (κ2) is 7.65. The summed E-state index contributed by atoms with van der Waals surface area (Å²) >= 11 is 7.06. The zero-order valence-electron chi connectivity index (χ0n) is 13.3. The highest BCUT2D eigenvalue weighted by atomic mass is 32.1. The maximum Gasteiger partial charge on any atom is 0.203 e. The lowest BCUT2D eigenvalue weighted by molar-refractivity contribution is 0.321. The average Bonchev–Trinajstić information content (AvgIpc) is 2.87. The minimum atomic E-state index is 0.612. The molecule has 120 valence electrons. The molecule has 0 N–H and O–H groups in total. The van der Waals surface area contributed by atoms with Crippen molar-refractivity contribution in [1.82, 2.24) is 4.57 Å². The second-order valence-electron chi connectivity index (χ2n) is 4.82. The van der Waals surface area contributed by atoms with Crippen LogP contribution in [0.25, 0.3) is 0 Å². The van der Waals surface area contributed by atoms with Gasteiger partial charge in [-0.15, -0.1) is 11.3 Å². The molecule has 0 fully saturated rings. The number of nitrogens with zero attached hydrogens (tertiary/aromatic N) is 1. The fraction of sp³-hybridized carbons (Fsp3) is 0.438. The van der Waals surface area contributed by atoms with Gasteiger partial charge in [0, 0.05) is 16.6 Å². The summed E-state index contributed by atoms with van der Waals surface area (Å²) in [5.41, 5.74) is 2.28. The highest BCUT2D eigenvalue weighted by Crippen LogP contribution is 2.40. The van der Waals surface area contributed by atoms with Crippen LogP contribution in [0.1, 0.15) is 24.6 Å². The van der Waals surface area contributed by atoms with Crippen molar-refractivity contribution in [3.63, 3.8) is 0 Å². The molecular formula is C16H21NO3S2. The molecule has 22 heavy (non-hydrogen) atoms. The van der Waals surface area contributed by atoms with Crippen molar-refractivity contribution in [2.45, 2.75) is 26.3 Å². The van der Waals surface area contributed by atoms with E-state index in [4.69, 9.17) is 26.4 Å². The third-order valence-electron chi connectivity index (χ3n) is 3.48. The SMILES string of the molecule is CCCc1csc(=S)n1Cc1ccc(OC)c(OC)c1OC. The summed E-state index contributed by atoms with van der Waals surface area (Å²) in [7, 11) is 4.87. The van der Waals surface area contributed by atoms with Crippen LogP contribution in [0.15, 0.2) is 17.5 Å². The minimum absolute atomic E-state index is 0.612. The molecule has 0 aliphatic heterocycles. The number of aryl methyl sites for hydroxylation is 1. The first kappa shape index (κ1) is 16.8. The van der Waals surface area contributed by atoms with Crippen molar-refractivity contribution >= 4 is 23.6 Å². The first-order valence-corrected chi connectivity index (χ1v) is 8.40. The molecule has 0 radical (unpaired) electrons. The van der Waals surface area contributed by atoms with Gasteiger partial charge >= 0.3 is 0 Å². The predicted octanol–water partition coefficient (Wildman–Crippen LogP) is 4.31. The quantitative estimate of drug-likeness (QED) is 0.704. The van der Waals surface area contributed by atoms with Crippen LogP contribution < -0.4 is 14.2 Å². The van der Waals surface area contributed by atoms with E-state index in [0.29, 0.717) is 23.8 Å². The Morgan fingerprint density at radius 2 is 1.82 bits per heavy atom. The smallest absolute Gasteiger partial charge is 0.203 e. The van der Waals surface area contributed by atoms with Crippen LogP contribution in [0.5, 0.6) is 17.2 Å². The van der Waals surface area contributed by atoms with E-state index < -0.39 is 0 Å². The summed E-state index contributed by atoms with van der Waals surface area (Å²) in [4.78, 5) is 0. The van der Waals surface area contributed by atoms with Gasteiger partial charge < -0.3 is 18.8 Å². The van der Waals surface area contributed by atoms with Gasteiger partial charge in [0.2, 0.25) is 5.75 Å². The molecular weight excluding hydrogens is 318 g/mol. The van der Waals surface area contributed by atoms with Gasteiger partial charge in [-0.1, -0.05) is 13.3 Å². The molecule has 0 saturated heterocycles. The van der Waals surface area contributed by atoms with E-state index in [9.17, 15) is 0 Å². The first-order chi connectivity index (χ1) is 10.7. The van der Waals surface area contributed by atoms with Gasteiger partial charge in [-0.05, 0) is 30.8 Å². The van der Waals surface area contributed by atoms with Crippen molar-refractivity contribution in [2.75, 3.05) is 21.3 Å². The topological polar surface area (TPSA) is 32.6 Å². The van der Waals surface area contributed by atoms with Crippen LogP contribution in [0.4, 0.5) is 0 Å². The Hall–Kier alpha value is -1.53. The van der Waals surface area contributed by atoms with Crippen LogP contribution in [0.3, 0.4) is 0 Å². The molecule has 1 aromatic carbocycles. The molecule has 0 bridgehead atoms. The number of methoxy groups -OCH3 is 3. The molecule has 2 aromatic rings. The van der Waals surface area contributed by atoms with E-state index in [1.807, 2.05) is 12.1 Å². The van der Waals surface area contributed by atoms with Gasteiger partial charge in [0.15, 0.2) is 15.5 Å². The summed E-state index contributed by atoms with van der Waals surface area (Å²) < 4.78 is 19.4. The summed E-state index contributed by atoms with van der Waals surface area (Å²) in [5.74, 6) is 1.96. The Morgan fingerprint density at radius 1 is 1.09 bits per heavy atom. The lowest BCUT2D eigenvalue weighted by Gasteiger charge is -2.17. The monoisotopic (exact) mass is 339 g/mol. The number of hydrogen-bond acceptors (Lipinski definition) is 5. The maximum absolute atomic E-state index is 5.55. The molecule has 0 atom stereocenters. The molecule has 0 amide bonds. The van der Waals surface area contributed by atoms with Gasteiger partial charge in [0.05, 0.1) is 27.9 Å². The first-order valence-electron chi connectivity index (χ1n) is 7.11. The Kier molecular flexibility index (Phi) is 5.85. The third kappa shape index (κ3) is 3.28. The summed E-state index contributed by atoms with van der Waals surface area (Å²) in [5, 5.41) is 2.14. The lowest BCUT2D eigenvalue weighted by atomic mass is 10.1. The zero-order chi connectivity index (χ0) is 16.1. The molecule has 1 heterocycles. The molecule has 6 heteroatoms. The van der Waals surface area contributed by atoms with Crippen molar-refractivity contribution < 1.29 is 14.2 Å². The maximum atomic E-state index is 5.55. The van der Waals surface area contributed by atoms with Crippen molar-refractivity contribution in [2.24, 2.45) is 0 Å². The van der Waals surface area contributed by atoms with Crippen LogP contribution in [-0.4, -0.2) is 25.9 Å². The van der Waals surface area contributed by atoms with Gasteiger partial charge in [-0.2, -0.15) is 0 Å². The molecule has 0 aliphatic rings. The van der Waals surface area contributed by atoms with Crippen molar-refractivity contribution in [3.05, 3.63) is 32.7 Å². The van der Waals surface area contributed by atoms with Crippen LogP contribution >= 0.6 is 23.6 Å². The van der Waals surface area contributed by atoms with E-state index in [1.54, 1.807) is 32.7 Å². The van der Waals surface area contributed by atoms with Crippen molar-refractivity contribution in [3.8, 4) is 17.2 Å². The van der Waals surface area contributed by atoms with Crippen LogP contribution in [0, 0.1) is 3.95 Å². The number of thiazole rings is 1. The average molecular weight is 339 g/mol. The van der Waals surface area contributed by atoms with E-state index in [1.165, 1.54) is 5.69 Å². The molecule has 0 aliphatic carbocycles.